The molecule has 1 heterocycles. The smallest absolute Gasteiger partial charge is 0.251 e. The van der Waals surface area contributed by atoms with E-state index in [0.29, 0.717) is 24.2 Å². The maximum absolute atomic E-state index is 12.5. The second-order valence-corrected chi connectivity index (χ2v) is 7.11. The zero-order valence-electron chi connectivity index (χ0n) is 16.5. The normalized spacial score (nSPS) is 10.7. The number of nitrogens with one attached hydrogen (secondary N) is 3. The second kappa shape index (κ2) is 9.09. The maximum Gasteiger partial charge on any atom is 0.251 e. The lowest BCUT2D eigenvalue weighted by Crippen LogP contribution is -2.27. The van der Waals surface area contributed by atoms with Crippen LogP contribution in [0.15, 0.2) is 85.1 Å². The van der Waals surface area contributed by atoms with Gasteiger partial charge < -0.3 is 15.6 Å². The molecule has 3 aromatic carbocycles. The number of hydrogen-bond acceptors (Lipinski definition) is 2. The van der Waals surface area contributed by atoms with Gasteiger partial charge in [0.15, 0.2) is 0 Å². The van der Waals surface area contributed by atoms with Crippen LogP contribution in [0.5, 0.6) is 0 Å². The van der Waals surface area contributed by atoms with Gasteiger partial charge >= 0.3 is 0 Å². The van der Waals surface area contributed by atoms with E-state index in [9.17, 15) is 9.59 Å². The van der Waals surface area contributed by atoms with Crippen molar-refractivity contribution in [2.24, 2.45) is 0 Å². The van der Waals surface area contributed by atoms with Gasteiger partial charge in [0.05, 0.1) is 0 Å². The van der Waals surface area contributed by atoms with Crippen LogP contribution in [0.25, 0.3) is 10.9 Å². The fraction of sp³-hybridized carbons (Fsp3) is 0.120. The molecule has 4 aromatic rings. The molecule has 0 saturated heterocycles. The highest BCUT2D eigenvalue weighted by Crippen LogP contribution is 2.17. The van der Waals surface area contributed by atoms with Gasteiger partial charge in [0.1, 0.15) is 0 Å². The molecule has 4 rings (SSSR count). The Balaban J connectivity index is 1.33. The van der Waals surface area contributed by atoms with Crippen molar-refractivity contribution in [3.8, 4) is 0 Å². The molecule has 0 unspecified atom stereocenters. The van der Waals surface area contributed by atoms with E-state index in [2.05, 4.69) is 21.7 Å². The lowest BCUT2D eigenvalue weighted by atomic mass is 10.1. The van der Waals surface area contributed by atoms with Gasteiger partial charge in [-0.3, -0.25) is 9.59 Å². The van der Waals surface area contributed by atoms with Gasteiger partial charge in [0.2, 0.25) is 0 Å². The molecule has 150 valence electrons. The number of aromatic amines is 1. The van der Waals surface area contributed by atoms with Crippen molar-refractivity contribution in [1.82, 2.24) is 15.6 Å². The third kappa shape index (κ3) is 4.58. The largest absolute Gasteiger partial charge is 0.361 e. The Morgan fingerprint density at radius 2 is 1.47 bits per heavy atom. The van der Waals surface area contributed by atoms with Crippen molar-refractivity contribution < 1.29 is 9.59 Å². The van der Waals surface area contributed by atoms with E-state index >= 15 is 0 Å². The Morgan fingerprint density at radius 1 is 0.767 bits per heavy atom. The van der Waals surface area contributed by atoms with Crippen molar-refractivity contribution in [2.75, 3.05) is 6.54 Å². The fourth-order valence-corrected chi connectivity index (χ4v) is 3.43. The summed E-state index contributed by atoms with van der Waals surface area (Å²) in [4.78, 5) is 28.2. The van der Waals surface area contributed by atoms with E-state index < -0.39 is 0 Å². The van der Waals surface area contributed by atoms with Gasteiger partial charge in [-0.15, -0.1) is 0 Å². The summed E-state index contributed by atoms with van der Waals surface area (Å²) < 4.78 is 0. The maximum atomic E-state index is 12.5. The van der Waals surface area contributed by atoms with E-state index in [1.165, 1.54) is 10.9 Å². The standard InChI is InChI=1S/C25H23N3O2/c29-24(26-14-13-21-17-27-23-12-5-4-11-22(21)23)19-9-6-10-20(15-19)25(30)28-16-18-7-2-1-3-8-18/h1-12,15,17,27H,13-14,16H2,(H,26,29)(H,28,30). The van der Waals surface area contributed by atoms with Crippen LogP contribution < -0.4 is 10.6 Å². The van der Waals surface area contributed by atoms with Crippen LogP contribution in [0, 0.1) is 0 Å². The number of amides is 2. The summed E-state index contributed by atoms with van der Waals surface area (Å²) in [6, 6.07) is 24.6. The highest BCUT2D eigenvalue weighted by Gasteiger charge is 2.11. The minimum Gasteiger partial charge on any atom is -0.361 e. The number of H-pyrrole nitrogens is 1. The number of aromatic nitrogens is 1. The summed E-state index contributed by atoms with van der Waals surface area (Å²) in [5.74, 6) is -0.389. The molecule has 0 fully saturated rings. The number of para-hydroxylation sites is 1. The minimum atomic E-state index is -0.202. The minimum absolute atomic E-state index is 0.187. The highest BCUT2D eigenvalue weighted by atomic mass is 16.2. The Labute approximate surface area is 175 Å². The highest BCUT2D eigenvalue weighted by molar-refractivity contribution is 5.99. The van der Waals surface area contributed by atoms with E-state index in [1.54, 1.807) is 24.3 Å². The van der Waals surface area contributed by atoms with Crippen LogP contribution in [0.2, 0.25) is 0 Å². The van der Waals surface area contributed by atoms with Crippen LogP contribution in [-0.4, -0.2) is 23.3 Å². The molecular weight excluding hydrogens is 374 g/mol. The summed E-state index contributed by atoms with van der Waals surface area (Å²) >= 11 is 0. The van der Waals surface area contributed by atoms with Gasteiger partial charge in [-0.1, -0.05) is 54.6 Å². The molecule has 0 spiro atoms. The van der Waals surface area contributed by atoms with E-state index in [4.69, 9.17) is 0 Å². The Bertz CT molecular complexity index is 1170. The molecule has 0 saturated carbocycles. The lowest BCUT2D eigenvalue weighted by molar-refractivity contribution is 0.0950. The average molecular weight is 397 g/mol. The zero-order valence-corrected chi connectivity index (χ0v) is 16.5. The van der Waals surface area contributed by atoms with Crippen molar-refractivity contribution in [3.05, 3.63) is 107 Å². The summed E-state index contributed by atoms with van der Waals surface area (Å²) in [7, 11) is 0. The third-order valence-electron chi connectivity index (χ3n) is 5.04. The van der Waals surface area contributed by atoms with Crippen LogP contribution in [0.3, 0.4) is 0 Å². The Hall–Kier alpha value is -3.86. The molecule has 0 atom stereocenters. The van der Waals surface area contributed by atoms with Gasteiger partial charge in [-0.25, -0.2) is 0 Å². The molecule has 5 nitrogen and oxygen atoms in total. The van der Waals surface area contributed by atoms with Crippen molar-refractivity contribution in [3.63, 3.8) is 0 Å². The number of rotatable bonds is 7. The van der Waals surface area contributed by atoms with Crippen molar-refractivity contribution >= 4 is 22.7 Å². The topological polar surface area (TPSA) is 74.0 Å². The fourth-order valence-electron chi connectivity index (χ4n) is 3.43. The quantitative estimate of drug-likeness (QED) is 0.440. The summed E-state index contributed by atoms with van der Waals surface area (Å²) in [5, 5.41) is 7.00. The molecular formula is C25H23N3O2. The number of benzene rings is 3. The van der Waals surface area contributed by atoms with E-state index in [-0.39, 0.29) is 11.8 Å². The predicted molar refractivity (Wildman–Crippen MR) is 118 cm³/mol. The van der Waals surface area contributed by atoms with Gasteiger partial charge in [-0.05, 0) is 41.8 Å². The van der Waals surface area contributed by atoms with Crippen LogP contribution >= 0.6 is 0 Å². The Morgan fingerprint density at radius 3 is 2.27 bits per heavy atom. The SMILES string of the molecule is O=C(NCCc1c[nH]c2ccccc12)c1cccc(C(=O)NCc2ccccc2)c1. The van der Waals surface area contributed by atoms with E-state index in [0.717, 1.165) is 17.5 Å². The van der Waals surface area contributed by atoms with Gasteiger partial charge in [0.25, 0.3) is 11.8 Å². The first-order chi connectivity index (χ1) is 14.7. The third-order valence-corrected chi connectivity index (χ3v) is 5.04. The summed E-state index contributed by atoms with van der Waals surface area (Å²) in [6.45, 7) is 0.964. The first kappa shape index (κ1) is 19.5. The molecule has 5 heteroatoms. The molecule has 0 aliphatic rings. The summed E-state index contributed by atoms with van der Waals surface area (Å²) in [5.41, 5.74) is 4.22. The lowest BCUT2D eigenvalue weighted by Gasteiger charge is -2.08. The number of fused-ring (bicyclic) bond motifs is 1. The number of carbonyl (C=O) groups excluding carboxylic acids is 2. The average Bonchev–Trinajstić information content (AvgIpc) is 3.21. The molecule has 3 N–H and O–H groups in total. The van der Waals surface area contributed by atoms with Crippen molar-refractivity contribution in [2.45, 2.75) is 13.0 Å². The monoisotopic (exact) mass is 397 g/mol. The summed E-state index contributed by atoms with van der Waals surface area (Å²) in [6.07, 6.45) is 2.71. The molecule has 1 aromatic heterocycles. The van der Waals surface area contributed by atoms with Crippen molar-refractivity contribution in [1.29, 1.82) is 0 Å². The first-order valence-corrected chi connectivity index (χ1v) is 9.96. The zero-order chi connectivity index (χ0) is 20.8. The second-order valence-electron chi connectivity index (χ2n) is 7.11. The van der Waals surface area contributed by atoms with Crippen LogP contribution in [0.4, 0.5) is 0 Å². The molecule has 0 bridgehead atoms. The van der Waals surface area contributed by atoms with Gasteiger partial charge in [0, 0.05) is 41.3 Å². The number of carbonyl (C=O) groups is 2. The van der Waals surface area contributed by atoms with Gasteiger partial charge in [-0.2, -0.15) is 0 Å². The van der Waals surface area contributed by atoms with E-state index in [1.807, 2.05) is 54.7 Å². The molecule has 2 amide bonds. The molecule has 0 radical (unpaired) electrons. The molecule has 30 heavy (non-hydrogen) atoms. The Kier molecular flexibility index (Phi) is 5.90. The first-order valence-electron chi connectivity index (χ1n) is 9.96. The van der Waals surface area contributed by atoms with Crippen LogP contribution in [0.1, 0.15) is 31.8 Å². The molecule has 0 aliphatic heterocycles. The predicted octanol–water partition coefficient (Wildman–Crippen LogP) is 4.07. The molecule has 0 aliphatic carbocycles. The number of hydrogen-bond donors (Lipinski definition) is 3. The van der Waals surface area contributed by atoms with Crippen LogP contribution in [-0.2, 0) is 13.0 Å².